The standard InChI is InChI=1S/C17H19NO2/c1-11-3-5-12(6-4-11)9-13-7-8-15-14(13)10-16(18-15)17(19)20-2/h3-6,10,13,18H,7-9H2,1-2H3. The number of hydrogen-bond donors (Lipinski definition) is 1. The van der Waals surface area contributed by atoms with E-state index in [2.05, 4.69) is 36.2 Å². The number of methoxy groups -OCH3 is 1. The minimum atomic E-state index is -0.284. The third kappa shape index (κ3) is 2.36. The average Bonchev–Trinajstić information content (AvgIpc) is 3.02. The van der Waals surface area contributed by atoms with Crippen molar-refractivity contribution >= 4 is 5.97 Å². The molecule has 3 rings (SSSR count). The number of rotatable bonds is 3. The van der Waals surface area contributed by atoms with Gasteiger partial charge in [-0.05, 0) is 49.3 Å². The van der Waals surface area contributed by atoms with Crippen molar-refractivity contribution < 1.29 is 9.53 Å². The Hall–Kier alpha value is -2.03. The highest BCUT2D eigenvalue weighted by molar-refractivity contribution is 5.88. The van der Waals surface area contributed by atoms with Crippen molar-refractivity contribution in [2.75, 3.05) is 7.11 Å². The minimum Gasteiger partial charge on any atom is -0.464 e. The number of aromatic nitrogens is 1. The van der Waals surface area contributed by atoms with Crippen LogP contribution in [0, 0.1) is 6.92 Å². The molecular weight excluding hydrogens is 250 g/mol. The average molecular weight is 269 g/mol. The minimum absolute atomic E-state index is 0.284. The SMILES string of the molecule is COC(=O)c1cc2c([nH]1)CCC2Cc1ccc(C)cc1. The van der Waals surface area contributed by atoms with Gasteiger partial charge < -0.3 is 9.72 Å². The van der Waals surface area contributed by atoms with Crippen LogP contribution in [-0.4, -0.2) is 18.1 Å². The van der Waals surface area contributed by atoms with Crippen molar-refractivity contribution in [3.05, 3.63) is 58.4 Å². The van der Waals surface area contributed by atoms with E-state index in [4.69, 9.17) is 4.74 Å². The Labute approximate surface area is 119 Å². The van der Waals surface area contributed by atoms with E-state index in [1.54, 1.807) is 0 Å². The molecule has 0 saturated heterocycles. The van der Waals surface area contributed by atoms with Crippen LogP contribution in [0.2, 0.25) is 0 Å². The zero-order valence-electron chi connectivity index (χ0n) is 11.9. The van der Waals surface area contributed by atoms with Crippen LogP contribution in [0.15, 0.2) is 30.3 Å². The number of esters is 1. The number of H-pyrrole nitrogens is 1. The number of benzene rings is 1. The number of fused-ring (bicyclic) bond motifs is 1. The van der Waals surface area contributed by atoms with Gasteiger partial charge in [0.05, 0.1) is 7.11 Å². The monoisotopic (exact) mass is 269 g/mol. The fraction of sp³-hybridized carbons (Fsp3) is 0.353. The molecule has 3 nitrogen and oxygen atoms in total. The summed E-state index contributed by atoms with van der Waals surface area (Å²) in [5, 5.41) is 0. The number of ether oxygens (including phenoxy) is 1. The lowest BCUT2D eigenvalue weighted by Gasteiger charge is -2.10. The van der Waals surface area contributed by atoms with E-state index in [0.717, 1.165) is 19.3 Å². The number of hydrogen-bond acceptors (Lipinski definition) is 2. The topological polar surface area (TPSA) is 42.1 Å². The second-order valence-corrected chi connectivity index (χ2v) is 5.53. The highest BCUT2D eigenvalue weighted by atomic mass is 16.5. The molecule has 0 radical (unpaired) electrons. The molecule has 0 amide bonds. The molecule has 0 aliphatic heterocycles. The third-order valence-electron chi connectivity index (χ3n) is 4.12. The molecule has 3 heteroatoms. The Bertz CT molecular complexity index is 625. The molecule has 104 valence electrons. The van der Waals surface area contributed by atoms with E-state index >= 15 is 0 Å². The smallest absolute Gasteiger partial charge is 0.354 e. The number of aryl methyl sites for hydroxylation is 2. The zero-order chi connectivity index (χ0) is 14.1. The normalized spacial score (nSPS) is 17.0. The molecule has 1 aromatic carbocycles. The number of nitrogens with one attached hydrogen (secondary N) is 1. The second kappa shape index (κ2) is 5.16. The van der Waals surface area contributed by atoms with Crippen LogP contribution in [0.4, 0.5) is 0 Å². The van der Waals surface area contributed by atoms with Gasteiger partial charge in [-0.3, -0.25) is 0 Å². The fourth-order valence-corrected chi connectivity index (χ4v) is 3.00. The highest BCUT2D eigenvalue weighted by Gasteiger charge is 2.26. The molecule has 1 N–H and O–H groups in total. The van der Waals surface area contributed by atoms with Gasteiger partial charge in [0.2, 0.25) is 0 Å². The van der Waals surface area contributed by atoms with Crippen LogP contribution >= 0.6 is 0 Å². The van der Waals surface area contributed by atoms with E-state index in [9.17, 15) is 4.79 Å². The van der Waals surface area contributed by atoms with Gasteiger partial charge in [0, 0.05) is 5.69 Å². The van der Waals surface area contributed by atoms with Crippen molar-refractivity contribution in [3.8, 4) is 0 Å². The van der Waals surface area contributed by atoms with Crippen molar-refractivity contribution in [2.45, 2.75) is 32.1 Å². The predicted molar refractivity (Wildman–Crippen MR) is 78.1 cm³/mol. The first kappa shape index (κ1) is 13.0. The number of aromatic amines is 1. The highest BCUT2D eigenvalue weighted by Crippen LogP contribution is 2.36. The molecule has 0 bridgehead atoms. The summed E-state index contributed by atoms with van der Waals surface area (Å²) >= 11 is 0. The van der Waals surface area contributed by atoms with Crippen LogP contribution < -0.4 is 0 Å². The molecule has 0 fully saturated rings. The van der Waals surface area contributed by atoms with Crippen molar-refractivity contribution in [1.29, 1.82) is 0 Å². The largest absolute Gasteiger partial charge is 0.464 e. The van der Waals surface area contributed by atoms with Gasteiger partial charge in [-0.1, -0.05) is 29.8 Å². The quantitative estimate of drug-likeness (QED) is 0.868. The molecular formula is C17H19NO2. The zero-order valence-corrected chi connectivity index (χ0v) is 11.9. The first-order valence-electron chi connectivity index (χ1n) is 7.03. The fourth-order valence-electron chi connectivity index (χ4n) is 3.00. The number of carbonyl (C=O) groups is 1. The van der Waals surface area contributed by atoms with Crippen molar-refractivity contribution in [2.24, 2.45) is 0 Å². The molecule has 2 aromatic rings. The Morgan fingerprint density at radius 3 is 2.80 bits per heavy atom. The van der Waals surface area contributed by atoms with Crippen LogP contribution in [0.5, 0.6) is 0 Å². The van der Waals surface area contributed by atoms with Gasteiger partial charge in [0.1, 0.15) is 5.69 Å². The lowest BCUT2D eigenvalue weighted by molar-refractivity contribution is 0.0594. The molecule has 0 spiro atoms. The third-order valence-corrected chi connectivity index (χ3v) is 4.12. The molecule has 1 heterocycles. The summed E-state index contributed by atoms with van der Waals surface area (Å²) in [5.74, 6) is 0.218. The summed E-state index contributed by atoms with van der Waals surface area (Å²) in [5.41, 5.74) is 5.70. The summed E-state index contributed by atoms with van der Waals surface area (Å²) in [7, 11) is 1.41. The molecule has 1 aliphatic carbocycles. The van der Waals surface area contributed by atoms with E-state index in [1.807, 2.05) is 6.07 Å². The van der Waals surface area contributed by atoms with Crippen LogP contribution in [0.25, 0.3) is 0 Å². The number of carbonyl (C=O) groups excluding carboxylic acids is 1. The maximum Gasteiger partial charge on any atom is 0.354 e. The van der Waals surface area contributed by atoms with E-state index < -0.39 is 0 Å². The summed E-state index contributed by atoms with van der Waals surface area (Å²) in [6, 6.07) is 10.7. The van der Waals surface area contributed by atoms with Crippen molar-refractivity contribution in [1.82, 2.24) is 4.98 Å². The Morgan fingerprint density at radius 1 is 1.35 bits per heavy atom. The molecule has 0 saturated carbocycles. The van der Waals surface area contributed by atoms with E-state index in [-0.39, 0.29) is 5.97 Å². The maximum atomic E-state index is 11.6. The Balaban J connectivity index is 1.80. The molecule has 20 heavy (non-hydrogen) atoms. The molecule has 1 atom stereocenters. The van der Waals surface area contributed by atoms with Crippen LogP contribution in [-0.2, 0) is 17.6 Å². The first-order valence-corrected chi connectivity index (χ1v) is 7.03. The first-order chi connectivity index (χ1) is 9.67. The Morgan fingerprint density at radius 2 is 2.10 bits per heavy atom. The lowest BCUT2D eigenvalue weighted by Crippen LogP contribution is -2.02. The predicted octanol–water partition coefficient (Wildman–Crippen LogP) is 3.38. The van der Waals surface area contributed by atoms with Gasteiger partial charge in [0.25, 0.3) is 0 Å². The summed E-state index contributed by atoms with van der Waals surface area (Å²) in [6.45, 7) is 2.10. The lowest BCUT2D eigenvalue weighted by atomic mass is 9.94. The summed E-state index contributed by atoms with van der Waals surface area (Å²) < 4.78 is 4.77. The van der Waals surface area contributed by atoms with E-state index in [0.29, 0.717) is 11.6 Å². The van der Waals surface area contributed by atoms with Crippen LogP contribution in [0.1, 0.15) is 45.2 Å². The Kier molecular flexibility index (Phi) is 3.35. The van der Waals surface area contributed by atoms with Crippen LogP contribution in [0.3, 0.4) is 0 Å². The van der Waals surface area contributed by atoms with Gasteiger partial charge in [-0.2, -0.15) is 0 Å². The summed E-state index contributed by atoms with van der Waals surface area (Å²) in [6.07, 6.45) is 3.20. The molecule has 1 aliphatic rings. The van der Waals surface area contributed by atoms with Gasteiger partial charge in [0.15, 0.2) is 0 Å². The van der Waals surface area contributed by atoms with E-state index in [1.165, 1.54) is 29.5 Å². The van der Waals surface area contributed by atoms with Crippen molar-refractivity contribution in [3.63, 3.8) is 0 Å². The van der Waals surface area contributed by atoms with Gasteiger partial charge in [-0.25, -0.2) is 4.79 Å². The molecule has 1 unspecified atom stereocenters. The van der Waals surface area contributed by atoms with Gasteiger partial charge in [-0.15, -0.1) is 0 Å². The van der Waals surface area contributed by atoms with Gasteiger partial charge >= 0.3 is 5.97 Å². The second-order valence-electron chi connectivity index (χ2n) is 5.53. The maximum absolute atomic E-state index is 11.6. The molecule has 1 aromatic heterocycles. The summed E-state index contributed by atoms with van der Waals surface area (Å²) in [4.78, 5) is 14.8.